The third kappa shape index (κ3) is 6.88. The summed E-state index contributed by atoms with van der Waals surface area (Å²) in [4.78, 5) is 19.3. The van der Waals surface area contributed by atoms with Crippen molar-refractivity contribution in [2.24, 2.45) is 0 Å². The van der Waals surface area contributed by atoms with Gasteiger partial charge in [-0.05, 0) is 81.6 Å². The second-order valence-corrected chi connectivity index (χ2v) is 11.2. The lowest BCUT2D eigenvalue weighted by molar-refractivity contribution is 0.104. The number of pyridine rings is 3. The van der Waals surface area contributed by atoms with Crippen LogP contribution in [0.15, 0.2) is 73.1 Å². The smallest absolute Gasteiger partial charge is 0.127 e. The van der Waals surface area contributed by atoms with Crippen LogP contribution >= 0.6 is 0 Å². The molecule has 1 N–H and O–H groups in total. The quantitative estimate of drug-likeness (QED) is 0.285. The molecule has 6 nitrogen and oxygen atoms in total. The normalized spacial score (nSPS) is 14.7. The number of nitrogens with one attached hydrogen (secondary N) is 1. The Labute approximate surface area is 233 Å². The number of aryl methyl sites for hydroxylation is 1. The lowest BCUT2D eigenvalue weighted by Gasteiger charge is -2.36. The summed E-state index contributed by atoms with van der Waals surface area (Å²) in [5.74, 6) is 0.838. The molecule has 1 fully saturated rings. The minimum Gasteiger partial charge on any atom is -0.368 e. The van der Waals surface area contributed by atoms with E-state index < -0.39 is 0 Å². The van der Waals surface area contributed by atoms with Crippen LogP contribution < -0.4 is 5.32 Å². The Bertz CT molecular complexity index is 1390. The van der Waals surface area contributed by atoms with Crippen LogP contribution in [0.25, 0.3) is 33.6 Å². The summed E-state index contributed by atoms with van der Waals surface area (Å²) in [5.41, 5.74) is 8.46. The summed E-state index contributed by atoms with van der Waals surface area (Å²) in [6, 6.07) is 22.3. The van der Waals surface area contributed by atoms with Gasteiger partial charge in [-0.2, -0.15) is 0 Å². The molecule has 5 rings (SSSR count). The predicted octanol–water partition coefficient (Wildman–Crippen LogP) is 6.53. The van der Waals surface area contributed by atoms with Crippen LogP contribution in [0.4, 0.5) is 5.82 Å². The number of hydrogen-bond acceptors (Lipinski definition) is 6. The van der Waals surface area contributed by atoms with Gasteiger partial charge in [-0.15, -0.1) is 0 Å². The van der Waals surface area contributed by atoms with E-state index >= 15 is 0 Å². The molecule has 1 saturated heterocycles. The average molecular weight is 521 g/mol. The maximum atomic E-state index is 4.86. The number of hydrogen-bond donors (Lipinski definition) is 1. The second-order valence-electron chi connectivity index (χ2n) is 11.2. The zero-order valence-electron chi connectivity index (χ0n) is 23.9. The molecule has 0 radical (unpaired) electrons. The molecule has 0 unspecified atom stereocenters. The van der Waals surface area contributed by atoms with Crippen molar-refractivity contribution in [1.29, 1.82) is 0 Å². The highest BCUT2D eigenvalue weighted by molar-refractivity contribution is 5.76. The molecule has 0 bridgehead atoms. The van der Waals surface area contributed by atoms with E-state index in [1.165, 1.54) is 11.1 Å². The van der Waals surface area contributed by atoms with Gasteiger partial charge in [0.25, 0.3) is 0 Å². The van der Waals surface area contributed by atoms with E-state index in [0.717, 1.165) is 72.3 Å². The van der Waals surface area contributed by atoms with Gasteiger partial charge in [-0.25, -0.2) is 4.98 Å². The molecule has 0 spiro atoms. The molecule has 1 aliphatic rings. The van der Waals surface area contributed by atoms with Crippen molar-refractivity contribution in [2.45, 2.75) is 53.2 Å². The molecular formula is C33H40N6. The molecule has 4 aromatic rings. The Morgan fingerprint density at radius 2 is 1.46 bits per heavy atom. The molecule has 4 heterocycles. The van der Waals surface area contributed by atoms with E-state index in [0.29, 0.717) is 6.04 Å². The van der Waals surface area contributed by atoms with Crippen molar-refractivity contribution >= 4 is 5.82 Å². The zero-order valence-corrected chi connectivity index (χ0v) is 23.9. The number of nitrogens with zero attached hydrogens (tertiary/aromatic N) is 5. The highest BCUT2D eigenvalue weighted by Gasteiger charge is 2.18. The summed E-state index contributed by atoms with van der Waals surface area (Å²) < 4.78 is 0. The summed E-state index contributed by atoms with van der Waals surface area (Å²) in [6.07, 6.45) is 3.87. The summed E-state index contributed by atoms with van der Waals surface area (Å²) in [6.45, 7) is 16.4. The number of rotatable bonds is 8. The Morgan fingerprint density at radius 1 is 0.744 bits per heavy atom. The Kier molecular flexibility index (Phi) is 8.34. The third-order valence-electron chi connectivity index (χ3n) is 7.31. The minimum atomic E-state index is 0.271. The highest BCUT2D eigenvalue weighted by atomic mass is 15.3. The Hall–Kier alpha value is -3.61. The van der Waals surface area contributed by atoms with Gasteiger partial charge in [0.15, 0.2) is 0 Å². The molecule has 0 aliphatic carbocycles. The number of benzene rings is 1. The first kappa shape index (κ1) is 27.0. The van der Waals surface area contributed by atoms with Gasteiger partial charge in [0, 0.05) is 74.0 Å². The fourth-order valence-electron chi connectivity index (χ4n) is 5.14. The molecule has 39 heavy (non-hydrogen) atoms. The predicted molar refractivity (Wildman–Crippen MR) is 162 cm³/mol. The van der Waals surface area contributed by atoms with Gasteiger partial charge in [0.05, 0.1) is 11.4 Å². The number of anilines is 1. The lowest BCUT2D eigenvalue weighted by Crippen LogP contribution is -2.48. The van der Waals surface area contributed by atoms with Crippen LogP contribution in [0, 0.1) is 6.92 Å². The van der Waals surface area contributed by atoms with Gasteiger partial charge in [0.1, 0.15) is 5.82 Å². The van der Waals surface area contributed by atoms with E-state index in [2.05, 4.69) is 90.3 Å². The van der Waals surface area contributed by atoms with E-state index in [1.807, 2.05) is 37.5 Å². The first-order chi connectivity index (χ1) is 18.8. The molecule has 3 aromatic heterocycles. The maximum absolute atomic E-state index is 4.86. The van der Waals surface area contributed by atoms with Crippen molar-refractivity contribution in [3.63, 3.8) is 0 Å². The fraction of sp³-hybridized carbons (Fsp3) is 0.364. The average Bonchev–Trinajstić information content (AvgIpc) is 2.93. The molecule has 202 valence electrons. The summed E-state index contributed by atoms with van der Waals surface area (Å²) in [7, 11) is 0. The van der Waals surface area contributed by atoms with Crippen molar-refractivity contribution in [3.8, 4) is 33.6 Å². The Morgan fingerprint density at radius 3 is 2.13 bits per heavy atom. The van der Waals surface area contributed by atoms with Crippen LogP contribution in [-0.2, 0) is 6.54 Å². The summed E-state index contributed by atoms with van der Waals surface area (Å²) in [5, 5.41) is 3.47. The van der Waals surface area contributed by atoms with Gasteiger partial charge in [-0.3, -0.25) is 19.8 Å². The van der Waals surface area contributed by atoms with Gasteiger partial charge < -0.3 is 5.32 Å². The molecular weight excluding hydrogens is 480 g/mol. The largest absolute Gasteiger partial charge is 0.368 e. The Balaban J connectivity index is 1.37. The highest BCUT2D eigenvalue weighted by Crippen LogP contribution is 2.30. The van der Waals surface area contributed by atoms with Crippen molar-refractivity contribution in [2.75, 3.05) is 31.5 Å². The van der Waals surface area contributed by atoms with Gasteiger partial charge >= 0.3 is 0 Å². The number of aromatic nitrogens is 3. The van der Waals surface area contributed by atoms with E-state index in [-0.39, 0.29) is 6.04 Å². The van der Waals surface area contributed by atoms with Crippen LogP contribution in [0.3, 0.4) is 0 Å². The SMILES string of the molecule is Cc1cccc(-c2cc(-c3cncc(-c4ccc(CN5CCN(C(C)C)CC5)cc4)c3)cc(NC(C)C)n2)n1. The lowest BCUT2D eigenvalue weighted by atomic mass is 10.0. The van der Waals surface area contributed by atoms with Gasteiger partial charge in [-0.1, -0.05) is 30.3 Å². The summed E-state index contributed by atoms with van der Waals surface area (Å²) >= 11 is 0. The molecule has 0 saturated carbocycles. The second kappa shape index (κ2) is 12.1. The molecule has 1 aromatic carbocycles. The van der Waals surface area contributed by atoms with Crippen LogP contribution in [0.2, 0.25) is 0 Å². The molecule has 6 heteroatoms. The van der Waals surface area contributed by atoms with Crippen LogP contribution in [-0.4, -0.2) is 63.0 Å². The minimum absolute atomic E-state index is 0.271. The first-order valence-corrected chi connectivity index (χ1v) is 14.1. The molecule has 0 amide bonds. The first-order valence-electron chi connectivity index (χ1n) is 14.1. The fourth-order valence-corrected chi connectivity index (χ4v) is 5.14. The number of piperazine rings is 1. The van der Waals surface area contributed by atoms with E-state index in [1.54, 1.807) is 0 Å². The van der Waals surface area contributed by atoms with Crippen molar-refractivity contribution in [3.05, 3.63) is 84.3 Å². The molecule has 0 atom stereocenters. The van der Waals surface area contributed by atoms with Crippen molar-refractivity contribution in [1.82, 2.24) is 24.8 Å². The van der Waals surface area contributed by atoms with Crippen LogP contribution in [0.5, 0.6) is 0 Å². The van der Waals surface area contributed by atoms with Crippen molar-refractivity contribution < 1.29 is 0 Å². The van der Waals surface area contributed by atoms with Crippen LogP contribution in [0.1, 0.15) is 39.0 Å². The standard InChI is InChI=1S/C33H40N6/c1-23(2)35-33-19-28(18-32(37-33)31-8-6-7-25(5)36-31)30-17-29(20-34-21-30)27-11-9-26(10-12-27)22-38-13-15-39(16-14-38)24(3)4/h6-12,17-21,23-24H,13-16,22H2,1-5H3,(H,35,37). The van der Waals surface area contributed by atoms with Gasteiger partial charge in [0.2, 0.25) is 0 Å². The molecule has 1 aliphatic heterocycles. The zero-order chi connectivity index (χ0) is 27.4. The maximum Gasteiger partial charge on any atom is 0.127 e. The van der Waals surface area contributed by atoms with E-state index in [9.17, 15) is 0 Å². The third-order valence-corrected chi connectivity index (χ3v) is 7.31. The monoisotopic (exact) mass is 520 g/mol. The van der Waals surface area contributed by atoms with E-state index in [4.69, 9.17) is 9.97 Å². The topological polar surface area (TPSA) is 57.2 Å².